The van der Waals surface area contributed by atoms with Crippen molar-refractivity contribution in [1.82, 2.24) is 0 Å². The first kappa shape index (κ1) is 13.6. The Bertz CT molecular complexity index is 377. The average Bonchev–Trinajstić information content (AvgIpc) is 2.33. The molecule has 3 N–H and O–H groups in total. The number of carbonyl (C=O) groups is 1. The van der Waals surface area contributed by atoms with Crippen molar-refractivity contribution in [2.24, 2.45) is 29.4 Å². The zero-order valence-electron chi connectivity index (χ0n) is 11.6. The van der Waals surface area contributed by atoms with Crippen LogP contribution in [0.15, 0.2) is 11.6 Å². The molecule has 2 unspecified atom stereocenters. The average molecular weight is 251 g/mol. The molecule has 0 aromatic heterocycles. The maximum atomic E-state index is 11.3. The second-order valence-electron chi connectivity index (χ2n) is 6.43. The van der Waals surface area contributed by atoms with Gasteiger partial charge in [-0.15, -0.1) is 0 Å². The Morgan fingerprint density at radius 3 is 2.83 bits per heavy atom. The smallest absolute Gasteiger partial charge is 0.308 e. The normalized spacial score (nSPS) is 41.8. The lowest BCUT2D eigenvalue weighted by Crippen LogP contribution is -2.60. The Balaban J connectivity index is 2.35. The number of hydrogen-bond acceptors (Lipinski definition) is 2. The quantitative estimate of drug-likeness (QED) is 0.742. The number of carboxylic acids is 1. The van der Waals surface area contributed by atoms with Gasteiger partial charge in [0.2, 0.25) is 0 Å². The van der Waals surface area contributed by atoms with E-state index in [0.717, 1.165) is 19.3 Å². The second kappa shape index (κ2) is 4.69. The highest BCUT2D eigenvalue weighted by Gasteiger charge is 2.50. The van der Waals surface area contributed by atoms with E-state index in [2.05, 4.69) is 19.9 Å². The van der Waals surface area contributed by atoms with E-state index in [1.807, 2.05) is 0 Å². The zero-order valence-corrected chi connectivity index (χ0v) is 11.6. The summed E-state index contributed by atoms with van der Waals surface area (Å²) in [5.74, 6) is 0.231. The van der Waals surface area contributed by atoms with Crippen molar-refractivity contribution in [3.8, 4) is 0 Å². The molecule has 0 saturated heterocycles. The summed E-state index contributed by atoms with van der Waals surface area (Å²) in [6, 6.07) is 0. The first-order valence-corrected chi connectivity index (χ1v) is 7.05. The van der Waals surface area contributed by atoms with Crippen LogP contribution in [0.3, 0.4) is 0 Å². The molecular formula is C15H25NO2. The molecule has 5 atom stereocenters. The van der Waals surface area contributed by atoms with Crippen LogP contribution in [0.1, 0.15) is 46.5 Å². The second-order valence-corrected chi connectivity index (χ2v) is 6.43. The highest BCUT2D eigenvalue weighted by molar-refractivity contribution is 5.71. The maximum Gasteiger partial charge on any atom is 0.308 e. The van der Waals surface area contributed by atoms with Crippen molar-refractivity contribution in [3.05, 3.63) is 11.6 Å². The molecule has 0 radical (unpaired) electrons. The molecule has 0 amide bonds. The van der Waals surface area contributed by atoms with E-state index in [4.69, 9.17) is 5.73 Å². The van der Waals surface area contributed by atoms with Crippen LogP contribution in [0, 0.1) is 23.7 Å². The molecule has 2 aliphatic rings. The van der Waals surface area contributed by atoms with Gasteiger partial charge < -0.3 is 10.8 Å². The summed E-state index contributed by atoms with van der Waals surface area (Å²) < 4.78 is 0. The van der Waals surface area contributed by atoms with Crippen LogP contribution in [0.25, 0.3) is 0 Å². The monoisotopic (exact) mass is 251 g/mol. The summed E-state index contributed by atoms with van der Waals surface area (Å²) in [5.41, 5.74) is 7.37. The summed E-state index contributed by atoms with van der Waals surface area (Å²) in [5, 5.41) is 9.32. The van der Waals surface area contributed by atoms with E-state index >= 15 is 0 Å². The van der Waals surface area contributed by atoms with Crippen LogP contribution in [0.4, 0.5) is 0 Å². The van der Waals surface area contributed by atoms with Crippen LogP contribution >= 0.6 is 0 Å². The summed E-state index contributed by atoms with van der Waals surface area (Å²) in [6.45, 7) is 6.20. The van der Waals surface area contributed by atoms with Gasteiger partial charge in [0.15, 0.2) is 0 Å². The summed E-state index contributed by atoms with van der Waals surface area (Å²) >= 11 is 0. The Morgan fingerprint density at radius 2 is 2.22 bits per heavy atom. The Morgan fingerprint density at radius 1 is 1.56 bits per heavy atom. The molecule has 3 nitrogen and oxygen atoms in total. The van der Waals surface area contributed by atoms with Crippen LogP contribution in [0.5, 0.6) is 0 Å². The van der Waals surface area contributed by atoms with E-state index in [-0.39, 0.29) is 5.92 Å². The molecule has 1 fully saturated rings. The fourth-order valence-corrected chi connectivity index (χ4v) is 3.87. The molecule has 0 spiro atoms. The van der Waals surface area contributed by atoms with Gasteiger partial charge in [-0.05, 0) is 50.4 Å². The summed E-state index contributed by atoms with van der Waals surface area (Å²) in [7, 11) is 0. The summed E-state index contributed by atoms with van der Waals surface area (Å²) in [4.78, 5) is 11.3. The lowest BCUT2D eigenvalue weighted by atomic mass is 9.56. The highest BCUT2D eigenvalue weighted by Crippen LogP contribution is 2.49. The van der Waals surface area contributed by atoms with Crippen molar-refractivity contribution >= 4 is 5.97 Å². The molecule has 18 heavy (non-hydrogen) atoms. The van der Waals surface area contributed by atoms with Gasteiger partial charge in [-0.1, -0.05) is 25.5 Å². The molecule has 0 heterocycles. The third-order valence-electron chi connectivity index (χ3n) is 5.36. The van der Waals surface area contributed by atoms with E-state index in [1.165, 1.54) is 12.0 Å². The number of carboxylic acid groups (broad SMARTS) is 1. The van der Waals surface area contributed by atoms with Crippen LogP contribution in [-0.2, 0) is 4.79 Å². The highest BCUT2D eigenvalue weighted by atomic mass is 16.4. The van der Waals surface area contributed by atoms with Gasteiger partial charge in [0.1, 0.15) is 0 Å². The number of hydrogen-bond donors (Lipinski definition) is 2. The zero-order chi connectivity index (χ0) is 13.5. The largest absolute Gasteiger partial charge is 0.481 e. The Labute approximate surface area is 109 Å². The molecular weight excluding hydrogens is 226 g/mol. The minimum atomic E-state index is -0.762. The van der Waals surface area contributed by atoms with E-state index in [0.29, 0.717) is 11.8 Å². The van der Waals surface area contributed by atoms with Crippen molar-refractivity contribution in [1.29, 1.82) is 0 Å². The van der Waals surface area contributed by atoms with Gasteiger partial charge in [0.25, 0.3) is 0 Å². The molecule has 0 aliphatic heterocycles. The fraction of sp³-hybridized carbons (Fsp3) is 0.800. The first-order chi connectivity index (χ1) is 8.36. The van der Waals surface area contributed by atoms with Gasteiger partial charge in [-0.2, -0.15) is 0 Å². The fourth-order valence-electron chi connectivity index (χ4n) is 3.87. The molecule has 3 heteroatoms. The van der Waals surface area contributed by atoms with Gasteiger partial charge in [-0.25, -0.2) is 0 Å². The van der Waals surface area contributed by atoms with Crippen molar-refractivity contribution in [3.63, 3.8) is 0 Å². The third kappa shape index (κ3) is 2.09. The van der Waals surface area contributed by atoms with Gasteiger partial charge in [0, 0.05) is 5.54 Å². The number of rotatable bonds is 2. The molecule has 2 rings (SSSR count). The molecule has 2 aliphatic carbocycles. The Hall–Kier alpha value is -0.830. The lowest BCUT2D eigenvalue weighted by molar-refractivity contribution is -0.145. The van der Waals surface area contributed by atoms with Crippen molar-refractivity contribution in [2.75, 3.05) is 0 Å². The molecule has 1 saturated carbocycles. The van der Waals surface area contributed by atoms with Crippen molar-refractivity contribution in [2.45, 2.75) is 52.0 Å². The number of aliphatic carboxylic acids is 1. The Kier molecular flexibility index (Phi) is 3.54. The molecule has 0 aromatic carbocycles. The van der Waals surface area contributed by atoms with Crippen LogP contribution in [-0.4, -0.2) is 16.6 Å². The first-order valence-electron chi connectivity index (χ1n) is 7.05. The minimum Gasteiger partial charge on any atom is -0.481 e. The topological polar surface area (TPSA) is 63.3 Å². The van der Waals surface area contributed by atoms with Crippen LogP contribution in [0.2, 0.25) is 0 Å². The van der Waals surface area contributed by atoms with Gasteiger partial charge in [0.05, 0.1) is 5.92 Å². The van der Waals surface area contributed by atoms with E-state index in [1.54, 1.807) is 6.92 Å². The third-order valence-corrected chi connectivity index (χ3v) is 5.36. The summed E-state index contributed by atoms with van der Waals surface area (Å²) in [6.07, 6.45) is 6.46. The number of allylic oxidation sites excluding steroid dienone is 1. The minimum absolute atomic E-state index is 0.237. The van der Waals surface area contributed by atoms with Gasteiger partial charge in [-0.3, -0.25) is 4.79 Å². The predicted molar refractivity (Wildman–Crippen MR) is 72.1 cm³/mol. The molecule has 0 bridgehead atoms. The molecule has 102 valence electrons. The number of fused-ring (bicyclic) bond motifs is 1. The maximum absolute atomic E-state index is 11.3. The molecule has 0 aromatic rings. The van der Waals surface area contributed by atoms with E-state index < -0.39 is 17.4 Å². The lowest BCUT2D eigenvalue weighted by Gasteiger charge is -2.51. The van der Waals surface area contributed by atoms with Gasteiger partial charge >= 0.3 is 5.97 Å². The van der Waals surface area contributed by atoms with Crippen LogP contribution < -0.4 is 5.73 Å². The van der Waals surface area contributed by atoms with E-state index in [9.17, 15) is 9.90 Å². The standard InChI is InChI=1S/C15H25NO2/c1-9-4-5-12-10(2)6-7-15(16,13(12)8-9)11(3)14(17)18/h8,10-13H,4-7,16H2,1-3H3,(H,17,18)/t10-,11?,12+,13+,15?/m1/s1. The van der Waals surface area contributed by atoms with Crippen molar-refractivity contribution < 1.29 is 9.90 Å². The predicted octanol–water partition coefficient (Wildman–Crippen LogP) is 2.81. The number of nitrogens with two attached hydrogens (primary N) is 1. The SMILES string of the molecule is CC1=C[C@H]2[C@@H](CC1)[C@H](C)CCC2(N)C(C)C(=O)O.